The molecule has 86 heavy (non-hydrogen) atoms. The van der Waals surface area contributed by atoms with Crippen molar-refractivity contribution < 1.29 is 67.3 Å². The van der Waals surface area contributed by atoms with Gasteiger partial charge in [0, 0.05) is 48.2 Å². The molecule has 2 fully saturated rings. The predicted molar refractivity (Wildman–Crippen MR) is 321 cm³/mol. The average molecular weight is 1200 g/mol. The first-order chi connectivity index (χ1) is 40.4. The Morgan fingerprint density at radius 2 is 1.15 bits per heavy atom. The third-order valence-electron chi connectivity index (χ3n) is 16.8. The second-order valence-corrected chi connectivity index (χ2v) is 24.2. The molecule has 2 unspecified atom stereocenters. The molecule has 11 atom stereocenters. The van der Waals surface area contributed by atoms with Crippen LogP contribution in [0.4, 0.5) is 0 Å². The normalized spacial score (nSPS) is 25.6. The Balaban J connectivity index is 1.85. The van der Waals surface area contributed by atoms with Gasteiger partial charge < -0.3 is 59.9 Å². The van der Waals surface area contributed by atoms with Crippen LogP contribution < -0.4 is 20.7 Å². The minimum Gasteiger partial charge on any atom is -0.489 e. The lowest BCUT2D eigenvalue weighted by molar-refractivity contribution is -0.165. The Labute approximate surface area is 507 Å². The Morgan fingerprint density at radius 1 is 0.605 bits per heavy atom. The smallest absolute Gasteiger partial charge is 0.329 e. The average Bonchev–Trinajstić information content (AvgIpc) is 1.52. The number of cyclic esters (lactones) is 1. The van der Waals surface area contributed by atoms with E-state index in [1.807, 2.05) is 37.3 Å². The van der Waals surface area contributed by atoms with E-state index in [9.17, 15) is 57.8 Å². The molecule has 0 spiro atoms. The fourth-order valence-corrected chi connectivity index (χ4v) is 11.4. The molecule has 0 saturated carbocycles. The molecule has 476 valence electrons. The number of nitrogens with zero attached hydrogens (tertiary/aromatic N) is 6. The highest BCUT2D eigenvalue weighted by Crippen LogP contribution is 2.27. The highest BCUT2D eigenvalue weighted by molar-refractivity contribution is 5.99. The number of carbonyl (C=O) groups excluding carboxylic acids is 10. The second kappa shape index (κ2) is 32.2. The molecular weight excluding hydrogens is 1110 g/mol. The van der Waals surface area contributed by atoms with Gasteiger partial charge >= 0.3 is 11.9 Å². The maximum atomic E-state index is 15.0. The molecule has 4 N–H and O–H groups in total. The summed E-state index contributed by atoms with van der Waals surface area (Å²) in [6, 6.07) is 5.85. The molecule has 23 heteroatoms. The molecule has 2 aromatic carbocycles. The molecule has 0 radical (unpaired) electrons. The number of rotatable bonds is 14. The van der Waals surface area contributed by atoms with Crippen LogP contribution in [0.25, 0.3) is 0 Å². The zero-order chi connectivity index (χ0) is 64.6. The fraction of sp³-hybridized carbons (Fsp3) is 0.635. The van der Waals surface area contributed by atoms with Crippen LogP contribution in [-0.2, 0) is 70.5 Å². The molecule has 23 nitrogen and oxygen atoms in total. The fourth-order valence-electron chi connectivity index (χ4n) is 11.4. The summed E-state index contributed by atoms with van der Waals surface area (Å²) in [5.74, 6) is -11.4. The standard InChI is InChI=1S/C63H95N9O14/c1-17-39(9)53-55(76)64-34-48(73)68(13)51(37(5)6)56(77)65-45(32-42-27-29-44(30-28-42)85-35-43-24-20-19-21-25-43)63(84)86-41(11)58(79)72-31-23-22-26-46(72)59(80)69(14)52(38(7)8)57(78)66-50(36(3)4)61(82)67(12)47(33-49(74)75)60(81)71(16)54(40(10)18-2)62(83)70(53)15/h19-21,24-25,27-30,36-41,45-47,50-54H,17-18,22-23,26,31-35H2,1-16H3,(H,64,76)(H,65,77)(H,66,78)(H,74,75)/t39?,40?,41-,45+,46+,47+,50+,51+,52+,53+,54+/m1/s1. The second-order valence-electron chi connectivity index (χ2n) is 24.2. The van der Waals surface area contributed by atoms with Gasteiger partial charge in [-0.3, -0.25) is 47.9 Å². The lowest BCUT2D eigenvalue weighted by atomic mass is 9.92. The van der Waals surface area contributed by atoms with E-state index >= 15 is 0 Å². The van der Waals surface area contributed by atoms with Gasteiger partial charge in [0.1, 0.15) is 60.7 Å². The Morgan fingerprint density at radius 3 is 1.71 bits per heavy atom. The molecule has 2 aliphatic rings. The molecule has 0 aliphatic carbocycles. The lowest BCUT2D eigenvalue weighted by Crippen LogP contribution is -2.63. The van der Waals surface area contributed by atoms with Gasteiger partial charge in [-0.25, -0.2) is 4.79 Å². The van der Waals surface area contributed by atoms with Crippen molar-refractivity contribution in [2.75, 3.05) is 48.3 Å². The summed E-state index contributed by atoms with van der Waals surface area (Å²) in [5, 5.41) is 18.4. The Bertz CT molecular complexity index is 2710. The van der Waals surface area contributed by atoms with Crippen molar-refractivity contribution in [3.05, 3.63) is 65.7 Å². The zero-order valence-corrected chi connectivity index (χ0v) is 53.3. The van der Waals surface area contributed by atoms with E-state index in [4.69, 9.17) is 9.47 Å². The number of ether oxygens (including phenoxy) is 2. The molecule has 0 aromatic heterocycles. The summed E-state index contributed by atoms with van der Waals surface area (Å²) >= 11 is 0. The van der Waals surface area contributed by atoms with Gasteiger partial charge in [-0.1, -0.05) is 125 Å². The van der Waals surface area contributed by atoms with Crippen LogP contribution in [0.5, 0.6) is 5.75 Å². The number of fused-ring (bicyclic) bond motifs is 1. The number of carboxylic acids is 1. The van der Waals surface area contributed by atoms with E-state index in [0.29, 0.717) is 43.6 Å². The van der Waals surface area contributed by atoms with Crippen LogP contribution in [0.1, 0.15) is 126 Å². The van der Waals surface area contributed by atoms with Crippen LogP contribution in [0.2, 0.25) is 0 Å². The molecule has 4 rings (SSSR count). The van der Waals surface area contributed by atoms with E-state index < -0.39 is 162 Å². The Kier molecular flexibility index (Phi) is 26.6. The first-order valence-corrected chi connectivity index (χ1v) is 30.1. The molecule has 2 aromatic rings. The summed E-state index contributed by atoms with van der Waals surface area (Å²) in [6.45, 7) is 18.3. The number of nitrogens with one attached hydrogen (secondary N) is 3. The monoisotopic (exact) mass is 1200 g/mol. The summed E-state index contributed by atoms with van der Waals surface area (Å²) < 4.78 is 11.9. The molecule has 9 amide bonds. The summed E-state index contributed by atoms with van der Waals surface area (Å²) in [6.07, 6.45) is -0.552. The maximum Gasteiger partial charge on any atom is 0.329 e. The van der Waals surface area contributed by atoms with E-state index in [2.05, 4.69) is 16.0 Å². The number of piperidine rings is 1. The van der Waals surface area contributed by atoms with Crippen molar-refractivity contribution in [1.29, 1.82) is 0 Å². The minimum atomic E-state index is -1.70. The van der Waals surface area contributed by atoms with Gasteiger partial charge in [-0.15, -0.1) is 0 Å². The molecule has 2 saturated heterocycles. The largest absolute Gasteiger partial charge is 0.489 e. The number of hydrogen-bond acceptors (Lipinski definition) is 13. The molecule has 0 bridgehead atoms. The van der Waals surface area contributed by atoms with Gasteiger partial charge in [0.05, 0.1) is 13.0 Å². The van der Waals surface area contributed by atoms with Crippen LogP contribution in [-0.4, -0.2) is 202 Å². The SMILES string of the molecule is CCC(C)[C@H]1C(=O)NCC(=O)N(C)[C@@H](C(C)C)C(=O)N[C@@H](Cc2ccc(OCc3ccccc3)cc2)C(=O)O[C@H](C)C(=O)N2CCCC[C@H]2C(=O)N(C)[C@@H](C(C)C)C(=O)N[C@@H](C(C)C)C(=O)N(C)[C@@H](CC(=O)O)C(=O)N(C)[C@@H](C(C)CC)C(=O)N1C. The number of hydrogen-bond donors (Lipinski definition) is 4. The van der Waals surface area contributed by atoms with Crippen LogP contribution in [0, 0.1) is 29.6 Å². The number of likely N-dealkylation sites (N-methyl/N-ethyl adjacent to an activating group) is 5. The van der Waals surface area contributed by atoms with Crippen molar-refractivity contribution >= 4 is 65.1 Å². The van der Waals surface area contributed by atoms with Gasteiger partial charge in [0.2, 0.25) is 47.3 Å². The van der Waals surface area contributed by atoms with E-state index in [-0.39, 0.29) is 19.4 Å². The van der Waals surface area contributed by atoms with E-state index in [1.54, 1.807) is 86.6 Å². The van der Waals surface area contributed by atoms with Crippen molar-refractivity contribution in [3.8, 4) is 5.75 Å². The summed E-state index contributed by atoms with van der Waals surface area (Å²) in [7, 11) is 6.76. The third kappa shape index (κ3) is 18.0. The number of carbonyl (C=O) groups is 11. The molecule has 2 aliphatic heterocycles. The number of esters is 1. The summed E-state index contributed by atoms with van der Waals surface area (Å²) in [4.78, 5) is 166. The highest BCUT2D eigenvalue weighted by atomic mass is 16.5. The lowest BCUT2D eigenvalue weighted by Gasteiger charge is -2.41. The van der Waals surface area contributed by atoms with Gasteiger partial charge in [-0.2, -0.15) is 0 Å². The topological polar surface area (TPSA) is 282 Å². The third-order valence-corrected chi connectivity index (χ3v) is 16.8. The highest BCUT2D eigenvalue weighted by Gasteiger charge is 2.46. The predicted octanol–water partition coefficient (Wildman–Crippen LogP) is 3.89. The van der Waals surface area contributed by atoms with E-state index in [0.717, 1.165) is 20.3 Å². The van der Waals surface area contributed by atoms with Gasteiger partial charge in [0.15, 0.2) is 6.10 Å². The van der Waals surface area contributed by atoms with Gasteiger partial charge in [0.25, 0.3) is 5.91 Å². The van der Waals surface area contributed by atoms with Crippen molar-refractivity contribution in [1.82, 2.24) is 45.3 Å². The molecule has 2 heterocycles. The summed E-state index contributed by atoms with van der Waals surface area (Å²) in [5.41, 5.74) is 1.52. The van der Waals surface area contributed by atoms with Crippen LogP contribution >= 0.6 is 0 Å². The van der Waals surface area contributed by atoms with E-state index in [1.165, 1.54) is 56.9 Å². The van der Waals surface area contributed by atoms with Crippen LogP contribution in [0.15, 0.2) is 54.6 Å². The first kappa shape index (κ1) is 70.9. The number of aliphatic carboxylic acids is 1. The maximum absolute atomic E-state index is 15.0. The van der Waals surface area contributed by atoms with Crippen LogP contribution in [0.3, 0.4) is 0 Å². The van der Waals surface area contributed by atoms with Crippen molar-refractivity contribution in [3.63, 3.8) is 0 Å². The zero-order valence-electron chi connectivity index (χ0n) is 53.3. The number of benzene rings is 2. The number of amides is 9. The quantitative estimate of drug-likeness (QED) is 0.196. The Hall–Kier alpha value is -7.59. The van der Waals surface area contributed by atoms with Crippen molar-refractivity contribution in [2.24, 2.45) is 29.6 Å². The minimum absolute atomic E-state index is 0.0994. The van der Waals surface area contributed by atoms with Crippen molar-refractivity contribution in [2.45, 2.75) is 182 Å². The molecular formula is C63H95N9O14. The van der Waals surface area contributed by atoms with Gasteiger partial charge in [-0.05, 0) is 79.0 Å². The number of carboxylic acid groups (broad SMARTS) is 1. The first-order valence-electron chi connectivity index (χ1n) is 30.1.